The monoisotopic (exact) mass is 383 g/mol. The number of para-hydroxylation sites is 2. The summed E-state index contributed by atoms with van der Waals surface area (Å²) in [7, 11) is 1.64. The summed E-state index contributed by atoms with van der Waals surface area (Å²) in [6.07, 6.45) is 0. The molecular formula is C19H14ClN3O2S. The summed E-state index contributed by atoms with van der Waals surface area (Å²) in [6.45, 7) is 0. The van der Waals surface area contributed by atoms with Gasteiger partial charge in [0.25, 0.3) is 0 Å². The van der Waals surface area contributed by atoms with Crippen LogP contribution in [0, 0.1) is 0 Å². The first-order valence-corrected chi connectivity index (χ1v) is 9.05. The van der Waals surface area contributed by atoms with E-state index < -0.39 is 0 Å². The fourth-order valence-electron chi connectivity index (χ4n) is 2.70. The number of thiophene rings is 1. The van der Waals surface area contributed by atoms with Gasteiger partial charge >= 0.3 is 0 Å². The van der Waals surface area contributed by atoms with Gasteiger partial charge in [-0.2, -0.15) is 4.98 Å². The number of phenols is 1. The summed E-state index contributed by atoms with van der Waals surface area (Å²) in [6, 6.07) is 14.8. The van der Waals surface area contributed by atoms with Crippen LogP contribution in [-0.2, 0) is 0 Å². The van der Waals surface area contributed by atoms with Crippen LogP contribution in [0.2, 0.25) is 5.28 Å². The molecule has 0 aliphatic rings. The van der Waals surface area contributed by atoms with Crippen LogP contribution in [-0.4, -0.2) is 22.2 Å². The highest BCUT2D eigenvalue weighted by Gasteiger charge is 2.16. The molecule has 4 rings (SSSR count). The van der Waals surface area contributed by atoms with E-state index in [1.807, 2.05) is 35.7 Å². The van der Waals surface area contributed by atoms with Gasteiger partial charge in [-0.05, 0) is 41.4 Å². The minimum atomic E-state index is 0.136. The van der Waals surface area contributed by atoms with E-state index in [0.29, 0.717) is 11.5 Å². The molecule has 0 amide bonds. The van der Waals surface area contributed by atoms with Crippen LogP contribution < -0.4 is 10.1 Å². The fraction of sp³-hybridized carbons (Fsp3) is 0.0526. The van der Waals surface area contributed by atoms with Crippen molar-refractivity contribution < 1.29 is 9.84 Å². The number of hydrogen-bond acceptors (Lipinski definition) is 6. The smallest absolute Gasteiger partial charge is 0.225 e. The maximum atomic E-state index is 10.1. The van der Waals surface area contributed by atoms with E-state index in [4.69, 9.17) is 16.3 Å². The number of phenolic OH excluding ortho intramolecular Hbond substituents is 1. The number of halogens is 1. The van der Waals surface area contributed by atoms with Crippen LogP contribution in [0.3, 0.4) is 0 Å². The molecule has 130 valence electrons. The molecule has 0 saturated carbocycles. The van der Waals surface area contributed by atoms with E-state index in [1.165, 1.54) is 11.3 Å². The van der Waals surface area contributed by atoms with Crippen molar-refractivity contribution in [2.45, 2.75) is 0 Å². The van der Waals surface area contributed by atoms with Gasteiger partial charge in [-0.15, -0.1) is 11.3 Å². The molecular weight excluding hydrogens is 370 g/mol. The lowest BCUT2D eigenvalue weighted by Gasteiger charge is -2.10. The first-order chi connectivity index (χ1) is 12.7. The zero-order valence-electron chi connectivity index (χ0n) is 13.7. The Kier molecular flexibility index (Phi) is 4.36. The van der Waals surface area contributed by atoms with Crippen LogP contribution in [0.15, 0.2) is 53.9 Å². The molecule has 2 aromatic heterocycles. The summed E-state index contributed by atoms with van der Waals surface area (Å²) in [5, 5.41) is 16.3. The minimum absolute atomic E-state index is 0.136. The van der Waals surface area contributed by atoms with Crippen molar-refractivity contribution in [3.8, 4) is 22.6 Å². The van der Waals surface area contributed by atoms with E-state index in [2.05, 4.69) is 15.3 Å². The van der Waals surface area contributed by atoms with E-state index in [1.54, 1.807) is 25.3 Å². The van der Waals surface area contributed by atoms with Gasteiger partial charge in [0, 0.05) is 10.9 Å². The minimum Gasteiger partial charge on any atom is -0.506 e. The van der Waals surface area contributed by atoms with Crippen molar-refractivity contribution in [1.82, 2.24) is 9.97 Å². The average molecular weight is 384 g/mol. The van der Waals surface area contributed by atoms with Crippen LogP contribution >= 0.6 is 22.9 Å². The Morgan fingerprint density at radius 2 is 1.85 bits per heavy atom. The maximum absolute atomic E-state index is 10.1. The molecule has 0 bridgehead atoms. The number of aromatic hydroxyl groups is 1. The number of nitrogens with zero attached hydrogens (tertiary/aromatic N) is 2. The Bertz CT molecular complexity index is 1080. The van der Waals surface area contributed by atoms with Gasteiger partial charge in [0.1, 0.15) is 22.1 Å². The molecule has 0 aliphatic carbocycles. The lowest BCUT2D eigenvalue weighted by Crippen LogP contribution is -1.97. The van der Waals surface area contributed by atoms with Gasteiger partial charge in [-0.25, -0.2) is 4.98 Å². The summed E-state index contributed by atoms with van der Waals surface area (Å²) >= 11 is 7.58. The Labute approximate surface area is 158 Å². The van der Waals surface area contributed by atoms with Crippen LogP contribution in [0.4, 0.5) is 11.5 Å². The second-order valence-corrected chi connectivity index (χ2v) is 6.74. The molecule has 7 heteroatoms. The normalized spacial score (nSPS) is 10.8. The maximum Gasteiger partial charge on any atom is 0.225 e. The Balaban J connectivity index is 1.86. The second-order valence-electron chi connectivity index (χ2n) is 5.54. The van der Waals surface area contributed by atoms with Gasteiger partial charge in [0.2, 0.25) is 5.28 Å². The fourth-order valence-corrected chi connectivity index (χ4v) is 3.86. The highest BCUT2D eigenvalue weighted by atomic mass is 35.5. The number of hydrogen-bond donors (Lipinski definition) is 2. The number of fused-ring (bicyclic) bond motifs is 1. The molecule has 0 aliphatic heterocycles. The Hall–Kier alpha value is -2.83. The van der Waals surface area contributed by atoms with Crippen molar-refractivity contribution >= 4 is 44.7 Å². The number of nitrogens with one attached hydrogen (secondary N) is 1. The molecule has 0 radical (unpaired) electrons. The highest BCUT2D eigenvalue weighted by Crippen LogP contribution is 2.39. The van der Waals surface area contributed by atoms with Gasteiger partial charge in [0.05, 0.1) is 18.2 Å². The molecule has 0 saturated heterocycles. The third kappa shape index (κ3) is 3.05. The van der Waals surface area contributed by atoms with E-state index in [0.717, 1.165) is 27.1 Å². The molecule has 26 heavy (non-hydrogen) atoms. The Morgan fingerprint density at radius 3 is 2.58 bits per heavy atom. The average Bonchev–Trinajstić information content (AvgIpc) is 3.07. The van der Waals surface area contributed by atoms with Crippen molar-refractivity contribution in [2.75, 3.05) is 12.4 Å². The molecule has 0 atom stereocenters. The molecule has 5 nitrogen and oxygen atoms in total. The number of aromatic nitrogens is 2. The van der Waals surface area contributed by atoms with Gasteiger partial charge < -0.3 is 15.2 Å². The van der Waals surface area contributed by atoms with E-state index in [9.17, 15) is 5.11 Å². The number of rotatable bonds is 4. The van der Waals surface area contributed by atoms with Gasteiger partial charge in [-0.3, -0.25) is 0 Å². The first-order valence-electron chi connectivity index (χ1n) is 7.80. The van der Waals surface area contributed by atoms with Crippen molar-refractivity contribution in [2.24, 2.45) is 0 Å². The third-order valence-electron chi connectivity index (χ3n) is 3.96. The van der Waals surface area contributed by atoms with Gasteiger partial charge in [-0.1, -0.05) is 24.3 Å². The lowest BCUT2D eigenvalue weighted by atomic mass is 10.1. The van der Waals surface area contributed by atoms with Crippen molar-refractivity contribution in [3.05, 3.63) is 59.2 Å². The quantitative estimate of drug-likeness (QED) is 0.361. The molecule has 0 unspecified atom stereocenters. The Morgan fingerprint density at radius 1 is 1.08 bits per heavy atom. The largest absolute Gasteiger partial charge is 0.506 e. The summed E-state index contributed by atoms with van der Waals surface area (Å²) in [5.74, 6) is 1.48. The molecule has 0 fully saturated rings. The van der Waals surface area contributed by atoms with Crippen molar-refractivity contribution in [3.63, 3.8) is 0 Å². The molecule has 2 heterocycles. The predicted octanol–water partition coefficient (Wildman–Crippen LogP) is 5.47. The number of methoxy groups -OCH3 is 1. The van der Waals surface area contributed by atoms with Crippen LogP contribution in [0.25, 0.3) is 21.3 Å². The summed E-state index contributed by atoms with van der Waals surface area (Å²) < 4.78 is 5.23. The molecule has 0 spiro atoms. The van der Waals surface area contributed by atoms with Crippen LogP contribution in [0.5, 0.6) is 11.5 Å². The number of anilines is 2. The number of ether oxygens (including phenoxy) is 1. The molecule has 2 aromatic carbocycles. The second kappa shape index (κ2) is 6.82. The van der Waals surface area contributed by atoms with Crippen molar-refractivity contribution in [1.29, 1.82) is 0 Å². The SMILES string of the molecule is COc1ccc(-c2csc3nc(Cl)nc(Nc4ccccc4O)c23)cc1. The summed E-state index contributed by atoms with van der Waals surface area (Å²) in [4.78, 5) is 9.44. The topological polar surface area (TPSA) is 67.3 Å². The number of benzene rings is 2. The molecule has 4 aromatic rings. The third-order valence-corrected chi connectivity index (χ3v) is 5.01. The lowest BCUT2D eigenvalue weighted by molar-refractivity contribution is 0.415. The zero-order chi connectivity index (χ0) is 18.1. The van der Waals surface area contributed by atoms with E-state index in [-0.39, 0.29) is 11.0 Å². The predicted molar refractivity (Wildman–Crippen MR) is 106 cm³/mol. The standard InChI is InChI=1S/C19H14ClN3O2S/c1-25-12-8-6-11(7-9-12)13-10-26-18-16(13)17(22-19(20)23-18)21-14-4-2-3-5-15(14)24/h2-10,24H,1H3,(H,21,22,23). The van der Waals surface area contributed by atoms with Crippen LogP contribution in [0.1, 0.15) is 0 Å². The summed E-state index contributed by atoms with van der Waals surface area (Å²) in [5.41, 5.74) is 2.56. The first kappa shape index (κ1) is 16.6. The molecule has 2 N–H and O–H groups in total. The van der Waals surface area contributed by atoms with Gasteiger partial charge in [0.15, 0.2) is 0 Å². The zero-order valence-corrected chi connectivity index (χ0v) is 15.3. The van der Waals surface area contributed by atoms with E-state index >= 15 is 0 Å². The highest BCUT2D eigenvalue weighted by molar-refractivity contribution is 7.17.